The van der Waals surface area contributed by atoms with Gasteiger partial charge in [-0.25, -0.2) is 4.98 Å². The van der Waals surface area contributed by atoms with Gasteiger partial charge in [-0.2, -0.15) is 0 Å². The lowest BCUT2D eigenvalue weighted by Gasteiger charge is -2.03. The van der Waals surface area contributed by atoms with Crippen LogP contribution in [0.2, 0.25) is 0 Å². The normalized spacial score (nSPS) is 13.3. The van der Waals surface area contributed by atoms with Crippen molar-refractivity contribution >= 4 is 16.5 Å². The molecule has 4 nitrogen and oxygen atoms in total. The number of rotatable bonds is 3. The van der Waals surface area contributed by atoms with Crippen molar-refractivity contribution in [3.05, 3.63) is 11.1 Å². The lowest BCUT2D eigenvalue weighted by atomic mass is 10.2. The highest BCUT2D eigenvalue weighted by Gasteiger charge is 2.08. The van der Waals surface area contributed by atoms with E-state index in [2.05, 4.69) is 4.98 Å². The van der Waals surface area contributed by atoms with Gasteiger partial charge >= 0.3 is 0 Å². The largest absolute Gasteiger partial charge is 0.387 e. The fourth-order valence-electron chi connectivity index (χ4n) is 0.755. The zero-order chi connectivity index (χ0) is 8.27. The van der Waals surface area contributed by atoms with E-state index in [-0.39, 0.29) is 0 Å². The third-order valence-electron chi connectivity index (χ3n) is 1.31. The van der Waals surface area contributed by atoms with Crippen LogP contribution in [0.4, 0.5) is 5.13 Å². The molecule has 0 aliphatic heterocycles. The molecule has 0 aromatic carbocycles. The number of thiazole rings is 1. The van der Waals surface area contributed by atoms with Crippen LogP contribution in [-0.4, -0.2) is 16.6 Å². The van der Waals surface area contributed by atoms with Gasteiger partial charge in [0.2, 0.25) is 0 Å². The molecule has 0 fully saturated rings. The van der Waals surface area contributed by atoms with E-state index in [0.717, 1.165) is 4.88 Å². The predicted octanol–water partition coefficient (Wildman–Crippen LogP) is 0.108. The molecule has 0 saturated carbocycles. The van der Waals surface area contributed by atoms with Crippen LogP contribution in [0.3, 0.4) is 0 Å². The minimum atomic E-state index is -0.505. The first-order valence-corrected chi connectivity index (χ1v) is 4.15. The highest BCUT2D eigenvalue weighted by atomic mass is 32.1. The molecule has 0 bridgehead atoms. The van der Waals surface area contributed by atoms with Crippen LogP contribution in [0.15, 0.2) is 6.20 Å². The standard InChI is InChI=1S/C6H11N3OS/c7-2-1-4(10)5-3-9-6(8)11-5/h3-4,10H,1-2,7H2,(H2,8,9). The van der Waals surface area contributed by atoms with Gasteiger partial charge in [-0.15, -0.1) is 0 Å². The fourth-order valence-corrected chi connectivity index (χ4v) is 1.46. The fraction of sp³-hybridized carbons (Fsp3) is 0.500. The lowest BCUT2D eigenvalue weighted by Crippen LogP contribution is -2.05. The molecule has 1 rings (SSSR count). The average Bonchev–Trinajstić information content (AvgIpc) is 2.36. The molecule has 0 radical (unpaired) electrons. The summed E-state index contributed by atoms with van der Waals surface area (Å²) >= 11 is 1.30. The summed E-state index contributed by atoms with van der Waals surface area (Å²) in [7, 11) is 0. The van der Waals surface area contributed by atoms with Crippen molar-refractivity contribution in [3.8, 4) is 0 Å². The number of hydrogen-bond donors (Lipinski definition) is 3. The minimum absolute atomic E-state index is 0.471. The van der Waals surface area contributed by atoms with Gasteiger partial charge in [0, 0.05) is 6.20 Å². The molecule has 0 saturated heterocycles. The van der Waals surface area contributed by atoms with Gasteiger partial charge in [-0.05, 0) is 13.0 Å². The molecule has 1 aromatic rings. The van der Waals surface area contributed by atoms with E-state index in [0.29, 0.717) is 18.1 Å². The Hall–Kier alpha value is -0.650. The van der Waals surface area contributed by atoms with Crippen LogP contribution in [0.1, 0.15) is 17.4 Å². The Morgan fingerprint density at radius 2 is 2.45 bits per heavy atom. The van der Waals surface area contributed by atoms with E-state index in [1.54, 1.807) is 6.20 Å². The summed E-state index contributed by atoms with van der Waals surface area (Å²) in [5, 5.41) is 9.85. The van der Waals surface area contributed by atoms with Crippen molar-refractivity contribution < 1.29 is 5.11 Å². The van der Waals surface area contributed by atoms with Gasteiger partial charge in [0.25, 0.3) is 0 Å². The summed E-state index contributed by atoms with van der Waals surface area (Å²) in [6.45, 7) is 0.471. The van der Waals surface area contributed by atoms with Gasteiger partial charge in [0.15, 0.2) is 5.13 Å². The molecule has 1 heterocycles. The maximum Gasteiger partial charge on any atom is 0.180 e. The van der Waals surface area contributed by atoms with Crippen molar-refractivity contribution in [2.24, 2.45) is 5.73 Å². The third-order valence-corrected chi connectivity index (χ3v) is 2.24. The van der Waals surface area contributed by atoms with Gasteiger partial charge in [0.1, 0.15) is 0 Å². The van der Waals surface area contributed by atoms with E-state index in [1.165, 1.54) is 11.3 Å². The van der Waals surface area contributed by atoms with E-state index in [4.69, 9.17) is 11.5 Å². The highest BCUT2D eigenvalue weighted by molar-refractivity contribution is 7.15. The van der Waals surface area contributed by atoms with Crippen LogP contribution < -0.4 is 11.5 Å². The maximum absolute atomic E-state index is 9.37. The highest BCUT2D eigenvalue weighted by Crippen LogP contribution is 2.23. The van der Waals surface area contributed by atoms with Crippen LogP contribution in [-0.2, 0) is 0 Å². The molecule has 0 aliphatic rings. The van der Waals surface area contributed by atoms with Gasteiger partial charge in [0.05, 0.1) is 11.0 Å². The van der Waals surface area contributed by atoms with Crippen molar-refractivity contribution in [1.82, 2.24) is 4.98 Å². The van der Waals surface area contributed by atoms with E-state index in [9.17, 15) is 5.11 Å². The number of nitrogen functional groups attached to an aromatic ring is 1. The van der Waals surface area contributed by atoms with Crippen LogP contribution in [0.25, 0.3) is 0 Å². The summed E-state index contributed by atoms with van der Waals surface area (Å²) in [6, 6.07) is 0. The summed E-state index contributed by atoms with van der Waals surface area (Å²) in [5.74, 6) is 0. The quantitative estimate of drug-likeness (QED) is 0.605. The zero-order valence-corrected chi connectivity index (χ0v) is 6.84. The second-order valence-electron chi connectivity index (χ2n) is 2.19. The first kappa shape index (κ1) is 8.45. The molecule has 5 heteroatoms. The Morgan fingerprint density at radius 3 is 2.91 bits per heavy atom. The van der Waals surface area contributed by atoms with E-state index >= 15 is 0 Å². The number of nitrogens with two attached hydrogens (primary N) is 2. The molecule has 0 spiro atoms. The number of aliphatic hydroxyl groups is 1. The third kappa shape index (κ3) is 2.14. The second-order valence-corrected chi connectivity index (χ2v) is 3.29. The van der Waals surface area contributed by atoms with Crippen molar-refractivity contribution in [1.29, 1.82) is 0 Å². The summed E-state index contributed by atoms with van der Waals surface area (Å²) in [6.07, 6.45) is 1.64. The van der Waals surface area contributed by atoms with E-state index < -0.39 is 6.10 Å². The van der Waals surface area contributed by atoms with Gasteiger partial charge in [-0.3, -0.25) is 0 Å². The van der Waals surface area contributed by atoms with Crippen LogP contribution >= 0.6 is 11.3 Å². The smallest absolute Gasteiger partial charge is 0.180 e. The van der Waals surface area contributed by atoms with Crippen molar-refractivity contribution in [2.75, 3.05) is 12.3 Å². The first-order valence-electron chi connectivity index (χ1n) is 3.33. The number of nitrogens with zero attached hydrogens (tertiary/aromatic N) is 1. The molecule has 0 aliphatic carbocycles. The Balaban J connectivity index is 2.60. The number of aromatic nitrogens is 1. The van der Waals surface area contributed by atoms with Crippen LogP contribution in [0.5, 0.6) is 0 Å². The Labute approximate surface area is 68.9 Å². The first-order chi connectivity index (χ1) is 5.24. The maximum atomic E-state index is 9.37. The molecule has 1 aromatic heterocycles. The Kier molecular flexibility index (Phi) is 2.81. The molecular weight excluding hydrogens is 162 g/mol. The number of aliphatic hydroxyl groups excluding tert-OH is 1. The van der Waals surface area contributed by atoms with Crippen LogP contribution in [0, 0.1) is 0 Å². The summed E-state index contributed by atoms with van der Waals surface area (Å²) in [4.78, 5) is 4.60. The second kappa shape index (κ2) is 3.66. The monoisotopic (exact) mass is 173 g/mol. The molecule has 0 amide bonds. The summed E-state index contributed by atoms with van der Waals surface area (Å²) < 4.78 is 0. The topological polar surface area (TPSA) is 85.2 Å². The minimum Gasteiger partial charge on any atom is -0.387 e. The molecular formula is C6H11N3OS. The molecule has 11 heavy (non-hydrogen) atoms. The van der Waals surface area contributed by atoms with Crippen molar-refractivity contribution in [3.63, 3.8) is 0 Å². The molecule has 5 N–H and O–H groups in total. The Morgan fingerprint density at radius 1 is 1.73 bits per heavy atom. The zero-order valence-electron chi connectivity index (χ0n) is 6.03. The number of hydrogen-bond acceptors (Lipinski definition) is 5. The molecule has 62 valence electrons. The summed E-state index contributed by atoms with van der Waals surface area (Å²) in [5.41, 5.74) is 10.6. The molecule has 1 unspecified atom stereocenters. The van der Waals surface area contributed by atoms with Gasteiger partial charge < -0.3 is 16.6 Å². The number of anilines is 1. The van der Waals surface area contributed by atoms with Gasteiger partial charge in [-0.1, -0.05) is 11.3 Å². The average molecular weight is 173 g/mol. The van der Waals surface area contributed by atoms with E-state index in [1.807, 2.05) is 0 Å². The predicted molar refractivity (Wildman–Crippen MR) is 45.2 cm³/mol. The molecule has 1 atom stereocenters. The Bertz CT molecular complexity index is 225. The lowest BCUT2D eigenvalue weighted by molar-refractivity contribution is 0.174. The van der Waals surface area contributed by atoms with Crippen molar-refractivity contribution in [2.45, 2.75) is 12.5 Å². The SMILES string of the molecule is NCCC(O)c1cnc(N)s1.